The lowest BCUT2D eigenvalue weighted by atomic mass is 10.2. The average molecular weight is 266 g/mol. The third-order valence-corrected chi connectivity index (χ3v) is 2.91. The van der Waals surface area contributed by atoms with Crippen molar-refractivity contribution in [2.45, 2.75) is 6.92 Å². The lowest BCUT2D eigenvalue weighted by Gasteiger charge is -2.04. The smallest absolute Gasteiger partial charge is 0.165 e. The van der Waals surface area contributed by atoms with Crippen LogP contribution in [0.2, 0.25) is 0 Å². The molecular weight excluding hydrogens is 252 g/mol. The Hall–Kier alpha value is -2.75. The van der Waals surface area contributed by atoms with Gasteiger partial charge >= 0.3 is 0 Å². The molecule has 0 aliphatic rings. The minimum absolute atomic E-state index is 0.178. The van der Waals surface area contributed by atoms with Crippen molar-refractivity contribution >= 4 is 0 Å². The molecule has 0 radical (unpaired) electrons. The lowest BCUT2D eigenvalue weighted by Crippen LogP contribution is -1.93. The van der Waals surface area contributed by atoms with Crippen LogP contribution in [0.4, 0.5) is 0 Å². The second-order valence-electron chi connectivity index (χ2n) is 4.53. The van der Waals surface area contributed by atoms with E-state index in [9.17, 15) is 5.11 Å². The van der Waals surface area contributed by atoms with Crippen molar-refractivity contribution in [1.82, 2.24) is 9.78 Å². The van der Waals surface area contributed by atoms with Crippen molar-refractivity contribution in [3.63, 3.8) is 0 Å². The molecule has 0 amide bonds. The number of ether oxygens (including phenoxy) is 1. The maximum absolute atomic E-state index is 9.80. The summed E-state index contributed by atoms with van der Waals surface area (Å²) in [6, 6.07) is 14.8. The van der Waals surface area contributed by atoms with Gasteiger partial charge in [-0.05, 0) is 36.8 Å². The van der Waals surface area contributed by atoms with Gasteiger partial charge in [-0.1, -0.05) is 24.3 Å². The summed E-state index contributed by atoms with van der Waals surface area (Å²) >= 11 is 0. The first-order valence-corrected chi connectivity index (χ1v) is 6.30. The van der Waals surface area contributed by atoms with E-state index in [2.05, 4.69) is 5.10 Å². The number of benzene rings is 2. The van der Waals surface area contributed by atoms with Crippen molar-refractivity contribution in [3.8, 4) is 22.9 Å². The fourth-order valence-corrected chi connectivity index (χ4v) is 1.96. The Kier molecular flexibility index (Phi) is 3.13. The van der Waals surface area contributed by atoms with E-state index in [0.717, 1.165) is 11.3 Å². The third kappa shape index (κ3) is 2.49. The number of aromatic nitrogens is 2. The molecule has 1 N–H and O–H groups in total. The fourth-order valence-electron chi connectivity index (χ4n) is 1.96. The molecule has 2 aromatic carbocycles. The molecule has 20 heavy (non-hydrogen) atoms. The summed E-state index contributed by atoms with van der Waals surface area (Å²) in [5, 5.41) is 14.0. The number of hydrogen-bond donors (Lipinski definition) is 1. The molecule has 4 heteroatoms. The number of phenols is 1. The molecular formula is C16H14N2O2. The van der Waals surface area contributed by atoms with Gasteiger partial charge in [0.2, 0.25) is 0 Å². The van der Waals surface area contributed by atoms with Gasteiger partial charge in [0, 0.05) is 0 Å². The zero-order chi connectivity index (χ0) is 13.9. The van der Waals surface area contributed by atoms with Gasteiger partial charge < -0.3 is 9.84 Å². The first-order valence-electron chi connectivity index (χ1n) is 6.30. The Balaban J connectivity index is 1.86. The van der Waals surface area contributed by atoms with Crippen LogP contribution in [0.5, 0.6) is 17.2 Å². The van der Waals surface area contributed by atoms with E-state index in [4.69, 9.17) is 4.74 Å². The summed E-state index contributed by atoms with van der Waals surface area (Å²) in [5.74, 6) is 1.57. The molecule has 0 spiro atoms. The zero-order valence-electron chi connectivity index (χ0n) is 11.0. The number of aryl methyl sites for hydroxylation is 1. The van der Waals surface area contributed by atoms with Crippen LogP contribution in [0.25, 0.3) is 5.69 Å². The van der Waals surface area contributed by atoms with Crippen LogP contribution in [0.3, 0.4) is 0 Å². The Morgan fingerprint density at radius 3 is 2.70 bits per heavy atom. The minimum atomic E-state index is 0.178. The van der Waals surface area contributed by atoms with Gasteiger partial charge in [0.15, 0.2) is 5.75 Å². The molecule has 0 unspecified atom stereocenters. The van der Waals surface area contributed by atoms with Crippen LogP contribution in [-0.2, 0) is 0 Å². The van der Waals surface area contributed by atoms with Crippen LogP contribution in [0.1, 0.15) is 5.56 Å². The first-order chi connectivity index (χ1) is 9.72. The molecule has 4 nitrogen and oxygen atoms in total. The van der Waals surface area contributed by atoms with E-state index in [0.29, 0.717) is 11.4 Å². The highest BCUT2D eigenvalue weighted by atomic mass is 16.5. The Labute approximate surface area is 116 Å². The van der Waals surface area contributed by atoms with E-state index in [-0.39, 0.29) is 5.75 Å². The predicted molar refractivity (Wildman–Crippen MR) is 76.5 cm³/mol. The maximum atomic E-state index is 9.80. The SMILES string of the molecule is Cc1cccc(Oc2cnn(-c3ccccc3O)c2)c1. The summed E-state index contributed by atoms with van der Waals surface area (Å²) in [4.78, 5) is 0. The molecule has 3 rings (SSSR count). The fraction of sp³-hybridized carbons (Fsp3) is 0.0625. The molecule has 1 aromatic heterocycles. The van der Waals surface area contributed by atoms with Gasteiger partial charge in [0.1, 0.15) is 17.2 Å². The number of phenolic OH excluding ortho intramolecular Hbond substituents is 1. The predicted octanol–water partition coefficient (Wildman–Crippen LogP) is 3.68. The molecule has 100 valence electrons. The standard InChI is InChI=1S/C16H14N2O2/c1-12-5-4-6-13(9-12)20-14-10-17-18(11-14)15-7-2-3-8-16(15)19/h2-11,19H,1H3. The molecule has 0 atom stereocenters. The van der Waals surface area contributed by atoms with E-state index in [1.54, 1.807) is 35.3 Å². The van der Waals surface area contributed by atoms with E-state index in [1.807, 2.05) is 37.3 Å². The average Bonchev–Trinajstić information content (AvgIpc) is 2.87. The molecule has 0 aliphatic heterocycles. The van der Waals surface area contributed by atoms with Gasteiger partial charge in [-0.25, -0.2) is 4.68 Å². The Bertz CT molecular complexity index is 735. The summed E-state index contributed by atoms with van der Waals surface area (Å²) in [5.41, 5.74) is 1.75. The zero-order valence-corrected chi connectivity index (χ0v) is 11.0. The van der Waals surface area contributed by atoms with Crippen LogP contribution in [0, 0.1) is 6.92 Å². The van der Waals surface area contributed by atoms with Gasteiger partial charge in [-0.3, -0.25) is 0 Å². The van der Waals surface area contributed by atoms with Crippen LogP contribution >= 0.6 is 0 Å². The minimum Gasteiger partial charge on any atom is -0.506 e. The number of nitrogens with zero attached hydrogens (tertiary/aromatic N) is 2. The van der Waals surface area contributed by atoms with Gasteiger partial charge in [0.25, 0.3) is 0 Å². The molecule has 0 aliphatic carbocycles. The first kappa shape index (κ1) is 12.3. The third-order valence-electron chi connectivity index (χ3n) is 2.91. The van der Waals surface area contributed by atoms with Crippen molar-refractivity contribution in [1.29, 1.82) is 0 Å². The Morgan fingerprint density at radius 2 is 1.90 bits per heavy atom. The van der Waals surface area contributed by atoms with Gasteiger partial charge in [-0.2, -0.15) is 5.10 Å². The van der Waals surface area contributed by atoms with Gasteiger partial charge in [0.05, 0.1) is 12.4 Å². The normalized spacial score (nSPS) is 10.4. The summed E-state index contributed by atoms with van der Waals surface area (Å²) in [7, 11) is 0. The molecule has 0 saturated heterocycles. The second kappa shape index (κ2) is 5.09. The Morgan fingerprint density at radius 1 is 1.05 bits per heavy atom. The van der Waals surface area contributed by atoms with Crippen molar-refractivity contribution < 1.29 is 9.84 Å². The van der Waals surface area contributed by atoms with E-state index < -0.39 is 0 Å². The molecule has 0 bridgehead atoms. The summed E-state index contributed by atoms with van der Waals surface area (Å²) in [6.07, 6.45) is 3.35. The quantitative estimate of drug-likeness (QED) is 0.786. The van der Waals surface area contributed by atoms with E-state index >= 15 is 0 Å². The number of rotatable bonds is 3. The topological polar surface area (TPSA) is 47.3 Å². The van der Waals surface area contributed by atoms with Crippen molar-refractivity contribution in [2.75, 3.05) is 0 Å². The largest absolute Gasteiger partial charge is 0.506 e. The molecule has 3 aromatic rings. The second-order valence-corrected chi connectivity index (χ2v) is 4.53. The highest BCUT2D eigenvalue weighted by Gasteiger charge is 2.06. The number of hydrogen-bond acceptors (Lipinski definition) is 3. The highest BCUT2D eigenvalue weighted by Crippen LogP contribution is 2.25. The molecule has 1 heterocycles. The van der Waals surface area contributed by atoms with Crippen molar-refractivity contribution in [3.05, 3.63) is 66.5 Å². The highest BCUT2D eigenvalue weighted by molar-refractivity contribution is 5.45. The van der Waals surface area contributed by atoms with Crippen LogP contribution in [-0.4, -0.2) is 14.9 Å². The van der Waals surface area contributed by atoms with Crippen LogP contribution < -0.4 is 4.74 Å². The van der Waals surface area contributed by atoms with Crippen LogP contribution in [0.15, 0.2) is 60.9 Å². The molecule has 0 fully saturated rings. The lowest BCUT2D eigenvalue weighted by molar-refractivity contribution is 0.469. The molecule has 0 saturated carbocycles. The van der Waals surface area contributed by atoms with Crippen molar-refractivity contribution in [2.24, 2.45) is 0 Å². The summed E-state index contributed by atoms with van der Waals surface area (Å²) in [6.45, 7) is 2.01. The monoisotopic (exact) mass is 266 g/mol. The maximum Gasteiger partial charge on any atom is 0.165 e. The number of aromatic hydroxyl groups is 1. The summed E-state index contributed by atoms with van der Waals surface area (Å²) < 4.78 is 7.32. The van der Waals surface area contributed by atoms with E-state index in [1.165, 1.54) is 0 Å². The number of para-hydroxylation sites is 2. The van der Waals surface area contributed by atoms with Gasteiger partial charge in [-0.15, -0.1) is 0 Å².